The van der Waals surface area contributed by atoms with Gasteiger partial charge in [-0.15, -0.1) is 0 Å². The van der Waals surface area contributed by atoms with Gasteiger partial charge in [0.2, 0.25) is 0 Å². The number of anilines is 1. The average molecular weight is 221 g/mol. The fourth-order valence-electron chi connectivity index (χ4n) is 1.42. The predicted molar refractivity (Wildman–Crippen MR) is 67.1 cm³/mol. The monoisotopic (exact) mass is 221 g/mol. The van der Waals surface area contributed by atoms with Crippen LogP contribution in [0.2, 0.25) is 0 Å². The van der Waals surface area contributed by atoms with Gasteiger partial charge in [0.15, 0.2) is 0 Å². The topological polar surface area (TPSA) is 3.24 Å². The summed E-state index contributed by atoms with van der Waals surface area (Å²) in [5.74, 6) is 0. The highest BCUT2D eigenvalue weighted by Crippen LogP contribution is 2.44. The molecule has 1 aromatic rings. The first-order chi connectivity index (χ1) is 6.68. The lowest BCUT2D eigenvalue weighted by Gasteiger charge is -2.12. The van der Waals surface area contributed by atoms with E-state index in [0.717, 1.165) is 4.86 Å². The molecular formula is C11H11NS2. The number of rotatable bonds is 1. The van der Waals surface area contributed by atoms with E-state index in [1.807, 2.05) is 13.0 Å². The molecule has 2 rings (SSSR count). The molecule has 0 spiro atoms. The van der Waals surface area contributed by atoms with Gasteiger partial charge >= 0.3 is 0 Å². The first-order valence-corrected chi connectivity index (χ1v) is 5.64. The van der Waals surface area contributed by atoms with Gasteiger partial charge in [0.25, 0.3) is 0 Å². The lowest BCUT2D eigenvalue weighted by atomic mass is 10.3. The number of fused-ring (bicyclic) bond motifs is 1. The van der Waals surface area contributed by atoms with Crippen molar-refractivity contribution in [2.24, 2.45) is 0 Å². The molecule has 1 aliphatic heterocycles. The molecule has 0 N–H and O–H groups in total. The second kappa shape index (κ2) is 3.75. The molecule has 72 valence electrons. The van der Waals surface area contributed by atoms with Crippen LogP contribution in [0, 0.1) is 0 Å². The summed E-state index contributed by atoms with van der Waals surface area (Å²) in [5.41, 5.74) is 1.26. The second-order valence-electron chi connectivity index (χ2n) is 3.22. The van der Waals surface area contributed by atoms with Crippen LogP contribution in [-0.2, 0) is 0 Å². The van der Waals surface area contributed by atoms with E-state index in [-0.39, 0.29) is 0 Å². The summed E-state index contributed by atoms with van der Waals surface area (Å²) >= 11 is 6.85. The van der Waals surface area contributed by atoms with Crippen molar-refractivity contribution < 1.29 is 0 Å². The number of nitrogens with zero attached hydrogens (tertiary/aromatic N) is 1. The number of hydrogen-bond donors (Lipinski definition) is 0. The molecule has 0 aliphatic carbocycles. The SMILES string of the molecule is CC(=S)C=C1Sc2ccccc2N1C. The van der Waals surface area contributed by atoms with E-state index in [0.29, 0.717) is 0 Å². The van der Waals surface area contributed by atoms with E-state index in [1.165, 1.54) is 15.6 Å². The van der Waals surface area contributed by atoms with Crippen LogP contribution in [0.1, 0.15) is 6.92 Å². The van der Waals surface area contributed by atoms with E-state index < -0.39 is 0 Å². The fourth-order valence-corrected chi connectivity index (χ4v) is 2.76. The highest BCUT2D eigenvalue weighted by Gasteiger charge is 2.20. The van der Waals surface area contributed by atoms with Gasteiger partial charge in [0.05, 0.1) is 10.7 Å². The molecule has 0 atom stereocenters. The number of benzene rings is 1. The van der Waals surface area contributed by atoms with Crippen LogP contribution >= 0.6 is 24.0 Å². The van der Waals surface area contributed by atoms with Crippen LogP contribution in [0.15, 0.2) is 40.3 Å². The first-order valence-electron chi connectivity index (χ1n) is 4.41. The number of hydrogen-bond acceptors (Lipinski definition) is 3. The molecule has 0 unspecified atom stereocenters. The predicted octanol–water partition coefficient (Wildman–Crippen LogP) is 3.46. The Kier molecular flexibility index (Phi) is 2.61. The third-order valence-electron chi connectivity index (χ3n) is 2.10. The Morgan fingerprint density at radius 3 is 2.79 bits per heavy atom. The average Bonchev–Trinajstić information content (AvgIpc) is 2.44. The maximum Gasteiger partial charge on any atom is 0.0809 e. The third-order valence-corrected chi connectivity index (χ3v) is 3.38. The fraction of sp³-hybridized carbons (Fsp3) is 0.182. The summed E-state index contributed by atoms with van der Waals surface area (Å²) in [5, 5.41) is 1.21. The first kappa shape index (κ1) is 9.74. The molecule has 0 amide bonds. The highest BCUT2D eigenvalue weighted by molar-refractivity contribution is 8.03. The molecule has 0 radical (unpaired) electrons. The summed E-state index contributed by atoms with van der Waals surface area (Å²) < 4.78 is 0. The molecule has 0 saturated carbocycles. The van der Waals surface area contributed by atoms with Gasteiger partial charge in [-0.05, 0) is 25.1 Å². The molecule has 3 heteroatoms. The normalized spacial score (nSPS) is 17.3. The zero-order valence-corrected chi connectivity index (χ0v) is 9.78. The van der Waals surface area contributed by atoms with Crippen molar-refractivity contribution >= 4 is 34.5 Å². The Hall–Kier alpha value is -0.800. The van der Waals surface area contributed by atoms with Gasteiger partial charge in [-0.25, -0.2) is 0 Å². The van der Waals surface area contributed by atoms with Crippen molar-refractivity contribution in [1.82, 2.24) is 0 Å². The quantitative estimate of drug-likeness (QED) is 0.528. The van der Waals surface area contributed by atoms with Crippen LogP contribution in [0.5, 0.6) is 0 Å². The maximum atomic E-state index is 5.08. The summed E-state index contributed by atoms with van der Waals surface area (Å²) in [4.78, 5) is 4.40. The Morgan fingerprint density at radius 2 is 2.14 bits per heavy atom. The highest BCUT2D eigenvalue weighted by atomic mass is 32.2. The minimum atomic E-state index is 0.923. The van der Waals surface area contributed by atoms with Gasteiger partial charge < -0.3 is 4.90 Å². The van der Waals surface area contributed by atoms with Crippen molar-refractivity contribution in [2.75, 3.05) is 11.9 Å². The smallest absolute Gasteiger partial charge is 0.0809 e. The summed E-state index contributed by atoms with van der Waals surface area (Å²) in [6.07, 6.45) is 2.04. The van der Waals surface area contributed by atoms with Crippen molar-refractivity contribution in [1.29, 1.82) is 0 Å². The van der Waals surface area contributed by atoms with Gasteiger partial charge in [0, 0.05) is 16.8 Å². The lowest BCUT2D eigenvalue weighted by molar-refractivity contribution is 1.18. The van der Waals surface area contributed by atoms with Crippen molar-refractivity contribution in [3.05, 3.63) is 35.4 Å². The van der Waals surface area contributed by atoms with E-state index in [9.17, 15) is 0 Å². The summed E-state index contributed by atoms with van der Waals surface area (Å²) in [6, 6.07) is 8.38. The number of thiocarbonyl (C=S) groups is 1. The molecule has 1 nitrogen and oxygen atoms in total. The van der Waals surface area contributed by atoms with Gasteiger partial charge in [-0.3, -0.25) is 0 Å². The van der Waals surface area contributed by atoms with Crippen LogP contribution in [-0.4, -0.2) is 11.9 Å². The van der Waals surface area contributed by atoms with Crippen LogP contribution in [0.25, 0.3) is 0 Å². The van der Waals surface area contributed by atoms with E-state index in [1.54, 1.807) is 11.8 Å². The van der Waals surface area contributed by atoms with Gasteiger partial charge in [-0.2, -0.15) is 0 Å². The molecule has 0 fully saturated rings. The summed E-state index contributed by atoms with van der Waals surface area (Å²) in [7, 11) is 2.07. The molecule has 0 aromatic heterocycles. The Labute approximate surface area is 93.8 Å². The van der Waals surface area contributed by atoms with Crippen LogP contribution in [0.3, 0.4) is 0 Å². The van der Waals surface area contributed by atoms with Crippen molar-refractivity contribution in [3.8, 4) is 0 Å². The lowest BCUT2D eigenvalue weighted by Crippen LogP contribution is -2.10. The molecule has 0 bridgehead atoms. The van der Waals surface area contributed by atoms with Gasteiger partial charge in [-0.1, -0.05) is 36.1 Å². The number of para-hydroxylation sites is 1. The zero-order chi connectivity index (χ0) is 10.1. The van der Waals surface area contributed by atoms with E-state index in [2.05, 4.69) is 36.2 Å². The minimum absolute atomic E-state index is 0.923. The van der Waals surface area contributed by atoms with Crippen molar-refractivity contribution in [3.63, 3.8) is 0 Å². The Bertz CT molecular complexity index is 410. The Balaban J connectivity index is 2.39. The zero-order valence-electron chi connectivity index (χ0n) is 8.15. The standard InChI is InChI=1S/C11H11NS2/c1-8(13)7-11-12(2)9-5-3-4-6-10(9)14-11/h3-7H,1-2H3. The molecular weight excluding hydrogens is 210 g/mol. The van der Waals surface area contributed by atoms with E-state index in [4.69, 9.17) is 12.2 Å². The molecule has 1 aromatic carbocycles. The summed E-state index contributed by atoms with van der Waals surface area (Å²) in [6.45, 7) is 1.94. The van der Waals surface area contributed by atoms with Crippen LogP contribution < -0.4 is 4.90 Å². The largest absolute Gasteiger partial charge is 0.338 e. The molecule has 14 heavy (non-hydrogen) atoms. The number of thioether (sulfide) groups is 1. The molecule has 1 heterocycles. The van der Waals surface area contributed by atoms with Crippen molar-refractivity contribution in [2.45, 2.75) is 11.8 Å². The van der Waals surface area contributed by atoms with Crippen LogP contribution in [0.4, 0.5) is 5.69 Å². The van der Waals surface area contributed by atoms with Gasteiger partial charge in [0.1, 0.15) is 0 Å². The van der Waals surface area contributed by atoms with E-state index >= 15 is 0 Å². The minimum Gasteiger partial charge on any atom is -0.338 e. The second-order valence-corrected chi connectivity index (χ2v) is 4.93. The Morgan fingerprint density at radius 1 is 1.43 bits per heavy atom. The third kappa shape index (κ3) is 1.70. The molecule has 1 aliphatic rings. The molecule has 0 saturated heterocycles. The maximum absolute atomic E-state index is 5.08. The number of allylic oxidation sites excluding steroid dienone is 1.